The molecule has 0 unspecified atom stereocenters. The Morgan fingerprint density at radius 2 is 1.68 bits per heavy atom. The molecule has 2 heterocycles. The smallest absolute Gasteiger partial charge is 0.411 e. The van der Waals surface area contributed by atoms with Crippen LogP contribution < -0.4 is 10.6 Å². The number of hydrogen-bond donors (Lipinski definition) is 3. The monoisotopic (exact) mass is 641 g/mol. The highest BCUT2D eigenvalue weighted by Crippen LogP contribution is 2.28. The van der Waals surface area contributed by atoms with E-state index in [-0.39, 0.29) is 12.0 Å². The Balaban J connectivity index is 0.919. The fourth-order valence-electron chi connectivity index (χ4n) is 6.25. The van der Waals surface area contributed by atoms with Crippen molar-refractivity contribution in [2.75, 3.05) is 56.9 Å². The summed E-state index contributed by atoms with van der Waals surface area (Å²) in [5.41, 5.74) is 6.07. The van der Waals surface area contributed by atoms with E-state index in [1.54, 1.807) is 0 Å². The zero-order chi connectivity index (χ0) is 33.0. The quantitative estimate of drug-likeness (QED) is 0.182. The minimum absolute atomic E-state index is 0.124. The normalized spacial score (nSPS) is 15.0. The van der Waals surface area contributed by atoms with Gasteiger partial charge >= 0.3 is 12.2 Å². The summed E-state index contributed by atoms with van der Waals surface area (Å²) in [7, 11) is 1.88. The number of fused-ring (bicyclic) bond motifs is 1. The summed E-state index contributed by atoms with van der Waals surface area (Å²) in [5, 5.41) is 15.6. The molecular formula is C37H47N5O5. The lowest BCUT2D eigenvalue weighted by Gasteiger charge is -2.32. The molecule has 3 aromatic carbocycles. The van der Waals surface area contributed by atoms with Gasteiger partial charge in [-0.15, -0.1) is 0 Å². The van der Waals surface area contributed by atoms with Crippen LogP contribution in [0.1, 0.15) is 49.7 Å². The van der Waals surface area contributed by atoms with E-state index in [0.29, 0.717) is 26.1 Å². The van der Waals surface area contributed by atoms with Crippen molar-refractivity contribution in [1.29, 1.82) is 0 Å². The molecule has 3 aromatic rings. The van der Waals surface area contributed by atoms with Gasteiger partial charge in [-0.2, -0.15) is 0 Å². The molecule has 2 aliphatic rings. The van der Waals surface area contributed by atoms with Crippen LogP contribution in [0.15, 0.2) is 72.8 Å². The zero-order valence-electron chi connectivity index (χ0n) is 27.3. The van der Waals surface area contributed by atoms with Crippen molar-refractivity contribution >= 4 is 29.5 Å². The number of unbranched alkanes of at least 4 members (excludes halogenated alkanes) is 2. The summed E-state index contributed by atoms with van der Waals surface area (Å²) in [4.78, 5) is 42.2. The second kappa shape index (κ2) is 16.8. The van der Waals surface area contributed by atoms with E-state index >= 15 is 0 Å². The van der Waals surface area contributed by atoms with E-state index in [0.717, 1.165) is 92.8 Å². The Kier molecular flexibility index (Phi) is 12.1. The third kappa shape index (κ3) is 9.96. The van der Waals surface area contributed by atoms with Crippen molar-refractivity contribution < 1.29 is 24.2 Å². The largest absolute Gasteiger partial charge is 0.465 e. The molecule has 10 heteroatoms. The number of likely N-dealkylation sites (N-methyl/N-ethyl adjacent to an activating group) is 1. The standard InChI is InChI=1S/C37H47N5O5/c1-40(35(43)14-6-3-9-20-38-31-16-15-30-27-42(37(45)46)23-17-29(30)26-31)24-25-41-21-18-32(19-22-41)47-36(44)39-34-13-8-7-12-33(34)28-10-4-2-5-11-28/h2,4-5,7-8,10-13,15-16,26,32,38H,3,6,9,14,17-25,27H2,1H3,(H,39,44)(H,45,46). The fourth-order valence-corrected chi connectivity index (χ4v) is 6.25. The van der Waals surface area contributed by atoms with Crippen molar-refractivity contribution in [2.45, 2.75) is 57.6 Å². The first-order valence-electron chi connectivity index (χ1n) is 16.8. The average Bonchev–Trinajstić information content (AvgIpc) is 3.09. The highest BCUT2D eigenvalue weighted by molar-refractivity contribution is 5.91. The molecule has 3 N–H and O–H groups in total. The van der Waals surface area contributed by atoms with Crippen molar-refractivity contribution in [2.24, 2.45) is 0 Å². The van der Waals surface area contributed by atoms with Crippen LogP contribution >= 0.6 is 0 Å². The number of carbonyl (C=O) groups is 3. The van der Waals surface area contributed by atoms with E-state index in [2.05, 4.69) is 21.6 Å². The maximum Gasteiger partial charge on any atom is 0.411 e. The van der Waals surface area contributed by atoms with Gasteiger partial charge in [0.25, 0.3) is 0 Å². The molecule has 3 amide bonds. The van der Waals surface area contributed by atoms with E-state index in [4.69, 9.17) is 4.74 Å². The number of likely N-dealkylation sites (tertiary alicyclic amines) is 1. The van der Waals surface area contributed by atoms with Gasteiger partial charge in [0, 0.05) is 70.5 Å². The Morgan fingerprint density at radius 1 is 0.915 bits per heavy atom. The maximum atomic E-state index is 12.7. The summed E-state index contributed by atoms with van der Waals surface area (Å²) in [6.07, 6.45) is 4.24. The van der Waals surface area contributed by atoms with Gasteiger partial charge in [0.1, 0.15) is 6.10 Å². The Labute approximate surface area is 277 Å². The van der Waals surface area contributed by atoms with Crippen molar-refractivity contribution in [3.63, 3.8) is 0 Å². The number of carboxylic acid groups (broad SMARTS) is 1. The number of rotatable bonds is 13. The van der Waals surface area contributed by atoms with Gasteiger partial charge in [-0.25, -0.2) is 9.59 Å². The van der Waals surface area contributed by atoms with Crippen molar-refractivity contribution in [3.05, 3.63) is 83.9 Å². The molecule has 0 aliphatic carbocycles. The molecule has 1 saturated heterocycles. The maximum absolute atomic E-state index is 12.7. The van der Waals surface area contributed by atoms with Gasteiger partial charge in [-0.05, 0) is 67.0 Å². The van der Waals surface area contributed by atoms with Crippen LogP contribution in [-0.4, -0.2) is 90.3 Å². The second-order valence-electron chi connectivity index (χ2n) is 12.5. The minimum atomic E-state index is -0.866. The van der Waals surface area contributed by atoms with Gasteiger partial charge in [0.2, 0.25) is 5.91 Å². The molecule has 10 nitrogen and oxygen atoms in total. The Hall–Kier alpha value is -4.57. The van der Waals surface area contributed by atoms with Crippen LogP contribution in [-0.2, 0) is 22.5 Å². The fraction of sp³-hybridized carbons (Fsp3) is 0.432. The van der Waals surface area contributed by atoms with Crippen LogP contribution in [0.25, 0.3) is 11.1 Å². The molecule has 0 bridgehead atoms. The van der Waals surface area contributed by atoms with Crippen LogP contribution in [0, 0.1) is 0 Å². The first kappa shape index (κ1) is 33.8. The number of hydrogen-bond acceptors (Lipinski definition) is 6. The number of piperidine rings is 1. The number of benzene rings is 3. The lowest BCUT2D eigenvalue weighted by Crippen LogP contribution is -2.42. The highest BCUT2D eigenvalue weighted by atomic mass is 16.6. The molecule has 0 radical (unpaired) electrons. The summed E-state index contributed by atoms with van der Waals surface area (Å²) < 4.78 is 5.76. The molecule has 0 saturated carbocycles. The molecule has 1 fully saturated rings. The van der Waals surface area contributed by atoms with Gasteiger partial charge < -0.3 is 29.9 Å². The molecular weight excluding hydrogens is 594 g/mol. The third-order valence-corrected chi connectivity index (χ3v) is 9.12. The van der Waals surface area contributed by atoms with Crippen molar-refractivity contribution in [1.82, 2.24) is 14.7 Å². The number of carbonyl (C=O) groups excluding carboxylic acids is 2. The molecule has 0 spiro atoms. The minimum Gasteiger partial charge on any atom is -0.465 e. The van der Waals surface area contributed by atoms with E-state index in [1.807, 2.05) is 78.7 Å². The molecule has 0 atom stereocenters. The van der Waals surface area contributed by atoms with Crippen LogP contribution in [0.2, 0.25) is 0 Å². The SMILES string of the molecule is CN(CCN1CCC(OC(=O)Nc2ccccc2-c2ccccc2)CC1)C(=O)CCCCCNc1ccc2c(c1)CCN(C(=O)O)C2. The summed E-state index contributed by atoms with van der Waals surface area (Å²) in [5.74, 6) is 0.175. The predicted molar refractivity (Wildman–Crippen MR) is 185 cm³/mol. The second-order valence-corrected chi connectivity index (χ2v) is 12.5. The van der Waals surface area contributed by atoms with Gasteiger partial charge in [0.05, 0.1) is 5.69 Å². The first-order chi connectivity index (χ1) is 22.9. The van der Waals surface area contributed by atoms with Gasteiger partial charge in [-0.1, -0.05) is 61.0 Å². The lowest BCUT2D eigenvalue weighted by molar-refractivity contribution is -0.130. The van der Waals surface area contributed by atoms with E-state index in [1.165, 1.54) is 10.5 Å². The average molecular weight is 642 g/mol. The molecule has 250 valence electrons. The number of ether oxygens (including phenoxy) is 1. The van der Waals surface area contributed by atoms with Crippen LogP contribution in [0.5, 0.6) is 0 Å². The Bertz CT molecular complexity index is 1490. The summed E-state index contributed by atoms with van der Waals surface area (Å²) in [6, 6.07) is 23.9. The number of nitrogens with zero attached hydrogens (tertiary/aromatic N) is 3. The highest BCUT2D eigenvalue weighted by Gasteiger charge is 2.23. The number of nitrogens with one attached hydrogen (secondary N) is 2. The summed E-state index contributed by atoms with van der Waals surface area (Å²) in [6.45, 7) is 4.99. The van der Waals surface area contributed by atoms with Crippen molar-refractivity contribution in [3.8, 4) is 11.1 Å². The number of amides is 3. The van der Waals surface area contributed by atoms with Gasteiger partial charge in [-0.3, -0.25) is 10.1 Å². The van der Waals surface area contributed by atoms with E-state index < -0.39 is 12.2 Å². The van der Waals surface area contributed by atoms with E-state index in [9.17, 15) is 19.5 Å². The molecule has 0 aromatic heterocycles. The van der Waals surface area contributed by atoms with Crippen LogP contribution in [0.4, 0.5) is 21.0 Å². The summed E-state index contributed by atoms with van der Waals surface area (Å²) >= 11 is 0. The van der Waals surface area contributed by atoms with Gasteiger partial charge in [0.15, 0.2) is 0 Å². The molecule has 47 heavy (non-hydrogen) atoms. The first-order valence-corrected chi connectivity index (χ1v) is 16.8. The number of anilines is 2. The lowest BCUT2D eigenvalue weighted by atomic mass is 9.99. The molecule has 2 aliphatic heterocycles. The van der Waals surface area contributed by atoms with Crippen LogP contribution in [0.3, 0.4) is 0 Å². The predicted octanol–water partition coefficient (Wildman–Crippen LogP) is 6.53. The molecule has 5 rings (SSSR count). The zero-order valence-corrected chi connectivity index (χ0v) is 27.3. The Morgan fingerprint density at radius 3 is 2.47 bits per heavy atom. The number of para-hydroxylation sites is 1. The third-order valence-electron chi connectivity index (χ3n) is 9.12. The topological polar surface area (TPSA) is 114 Å².